The van der Waals surface area contributed by atoms with E-state index in [9.17, 15) is 5.11 Å². The minimum absolute atomic E-state index is 0. The van der Waals surface area contributed by atoms with Gasteiger partial charge in [0.05, 0.1) is 17.6 Å². The number of aryl methyl sites for hydroxylation is 3. The fourth-order valence-electron chi connectivity index (χ4n) is 4.42. The summed E-state index contributed by atoms with van der Waals surface area (Å²) >= 11 is 0. The van der Waals surface area contributed by atoms with Crippen LogP contribution in [-0.4, -0.2) is 35.5 Å². The maximum Gasteiger partial charge on any atom is 0.121 e. The molecule has 0 fully saturated rings. The van der Waals surface area contributed by atoms with Gasteiger partial charge >= 0.3 is 0 Å². The van der Waals surface area contributed by atoms with Gasteiger partial charge in [-0.3, -0.25) is 0 Å². The smallest absolute Gasteiger partial charge is 0.121 e. The van der Waals surface area contributed by atoms with Gasteiger partial charge in [-0.15, -0.1) is 0 Å². The Hall–Kier alpha value is -3.19. The number of benzene rings is 3. The number of fused-ring (bicyclic) bond motifs is 2. The molecule has 1 heterocycles. The topological polar surface area (TPSA) is 79.0 Å². The molecule has 0 radical (unpaired) electrons. The minimum Gasteiger partial charge on any atom is -0.400 e. The number of hydrogen-bond donors (Lipinski definition) is 3. The SMILES string of the molecule is C.CO.CO/N=c1/c2ccc(C)c(C)c2n(CCCNCc2ccccc2)c2cccc(CO)c12. The molecule has 0 unspecified atom stereocenters. The van der Waals surface area contributed by atoms with E-state index in [1.54, 1.807) is 7.11 Å². The zero-order valence-corrected chi connectivity index (χ0v) is 20.5. The standard InChI is InChI=1S/C27H31N3O2.CH4O.CH4/c1-19-13-14-23-26(29-32-3)25-22(18-31)11-7-12-24(25)30(27(23)20(19)2)16-8-15-28-17-21-9-5-4-6-10-21;1-2;/h4-7,9-14,28,31H,8,15-18H2,1-3H3;2H,1H3;1H4/b29-26-;;. The molecule has 0 bridgehead atoms. The number of nitrogens with one attached hydrogen (secondary N) is 1. The average Bonchev–Trinajstić information content (AvgIpc) is 2.88. The van der Waals surface area contributed by atoms with E-state index in [0.717, 1.165) is 60.4 Å². The van der Waals surface area contributed by atoms with Crippen LogP contribution in [0.25, 0.3) is 21.8 Å². The van der Waals surface area contributed by atoms with E-state index in [2.05, 4.69) is 71.4 Å². The van der Waals surface area contributed by atoms with Gasteiger partial charge in [0.25, 0.3) is 0 Å². The molecular weight excluding hydrogens is 438 g/mol. The number of aliphatic hydroxyl groups is 2. The molecule has 0 saturated heterocycles. The van der Waals surface area contributed by atoms with Crippen LogP contribution in [-0.2, 0) is 24.5 Å². The predicted molar refractivity (Wildman–Crippen MR) is 145 cm³/mol. The van der Waals surface area contributed by atoms with Crippen LogP contribution in [0, 0.1) is 13.8 Å². The molecule has 0 saturated carbocycles. The first-order valence-corrected chi connectivity index (χ1v) is 11.6. The van der Waals surface area contributed by atoms with Crippen molar-refractivity contribution in [3.63, 3.8) is 0 Å². The number of pyridine rings is 1. The van der Waals surface area contributed by atoms with E-state index in [1.807, 2.05) is 18.2 Å². The second-order valence-electron chi connectivity index (χ2n) is 8.16. The van der Waals surface area contributed by atoms with Crippen molar-refractivity contribution in [2.24, 2.45) is 5.16 Å². The molecule has 3 aromatic carbocycles. The monoisotopic (exact) mass is 477 g/mol. The molecule has 0 aliphatic carbocycles. The van der Waals surface area contributed by atoms with Crippen LogP contribution in [0.15, 0.2) is 65.8 Å². The lowest BCUT2D eigenvalue weighted by atomic mass is 9.99. The third kappa shape index (κ3) is 6.09. The summed E-state index contributed by atoms with van der Waals surface area (Å²) in [7, 11) is 2.57. The van der Waals surface area contributed by atoms with E-state index in [4.69, 9.17) is 9.94 Å². The predicted octanol–water partition coefficient (Wildman–Crippen LogP) is 4.79. The van der Waals surface area contributed by atoms with Gasteiger partial charge in [-0.2, -0.15) is 0 Å². The van der Waals surface area contributed by atoms with E-state index in [1.165, 1.54) is 22.2 Å². The van der Waals surface area contributed by atoms with Crippen LogP contribution >= 0.6 is 0 Å². The minimum atomic E-state index is -0.0431. The molecule has 0 aliphatic heterocycles. The Morgan fingerprint density at radius 2 is 1.71 bits per heavy atom. The van der Waals surface area contributed by atoms with Gasteiger partial charge in [-0.05, 0) is 55.1 Å². The number of rotatable bonds is 8. The summed E-state index contributed by atoms with van der Waals surface area (Å²) in [6.45, 7) is 6.91. The summed E-state index contributed by atoms with van der Waals surface area (Å²) in [6.07, 6.45) is 0.985. The molecule has 1 aromatic heterocycles. The van der Waals surface area contributed by atoms with Gasteiger partial charge in [-0.1, -0.05) is 67.2 Å². The number of nitrogens with zero attached hydrogens (tertiary/aromatic N) is 2. The average molecular weight is 478 g/mol. The van der Waals surface area contributed by atoms with Crippen molar-refractivity contribution in [3.05, 3.63) is 88.3 Å². The van der Waals surface area contributed by atoms with Crippen LogP contribution in [0.2, 0.25) is 0 Å². The molecule has 0 aliphatic rings. The maximum atomic E-state index is 10.0. The van der Waals surface area contributed by atoms with Crippen LogP contribution in [0.4, 0.5) is 0 Å². The highest BCUT2D eigenvalue weighted by molar-refractivity contribution is 5.96. The van der Waals surface area contributed by atoms with Crippen molar-refractivity contribution in [2.45, 2.75) is 47.4 Å². The lowest BCUT2D eigenvalue weighted by Gasteiger charge is -2.20. The van der Waals surface area contributed by atoms with Crippen LogP contribution < -0.4 is 10.7 Å². The van der Waals surface area contributed by atoms with E-state index in [-0.39, 0.29) is 14.0 Å². The highest BCUT2D eigenvalue weighted by Gasteiger charge is 2.15. The lowest BCUT2D eigenvalue weighted by Crippen LogP contribution is -2.19. The third-order valence-corrected chi connectivity index (χ3v) is 6.14. The highest BCUT2D eigenvalue weighted by atomic mass is 16.6. The van der Waals surface area contributed by atoms with Crippen molar-refractivity contribution in [1.29, 1.82) is 0 Å². The molecule has 0 atom stereocenters. The van der Waals surface area contributed by atoms with Crippen molar-refractivity contribution >= 4 is 21.8 Å². The zero-order valence-electron chi connectivity index (χ0n) is 20.5. The van der Waals surface area contributed by atoms with Crippen LogP contribution in [0.3, 0.4) is 0 Å². The largest absolute Gasteiger partial charge is 0.400 e. The first-order valence-electron chi connectivity index (χ1n) is 11.6. The Bertz CT molecular complexity index is 1300. The van der Waals surface area contributed by atoms with Gasteiger partial charge in [0.15, 0.2) is 0 Å². The van der Waals surface area contributed by atoms with Crippen LogP contribution in [0.1, 0.15) is 36.1 Å². The molecule has 0 amide bonds. The summed E-state index contributed by atoms with van der Waals surface area (Å²) < 4.78 is 2.38. The Morgan fingerprint density at radius 1 is 0.971 bits per heavy atom. The molecule has 3 N–H and O–H groups in total. The second kappa shape index (κ2) is 13.6. The first kappa shape index (κ1) is 28.1. The van der Waals surface area contributed by atoms with Crippen molar-refractivity contribution < 1.29 is 15.1 Å². The number of aromatic nitrogens is 1. The van der Waals surface area contributed by atoms with E-state index in [0.29, 0.717) is 0 Å². The van der Waals surface area contributed by atoms with E-state index >= 15 is 0 Å². The summed E-state index contributed by atoms with van der Waals surface area (Å²) in [5, 5.41) is 27.8. The Balaban J connectivity index is 0.00000140. The zero-order chi connectivity index (χ0) is 24.5. The Kier molecular flexibility index (Phi) is 10.9. The van der Waals surface area contributed by atoms with Crippen molar-refractivity contribution in [2.75, 3.05) is 20.8 Å². The van der Waals surface area contributed by atoms with Crippen molar-refractivity contribution in [3.8, 4) is 0 Å². The maximum absolute atomic E-state index is 10.0. The summed E-state index contributed by atoms with van der Waals surface area (Å²) in [6, 6.07) is 20.8. The number of hydrogen-bond acceptors (Lipinski definition) is 5. The Morgan fingerprint density at radius 3 is 2.40 bits per heavy atom. The first-order chi connectivity index (χ1) is 16.7. The number of aliphatic hydroxyl groups excluding tert-OH is 2. The molecule has 4 aromatic rings. The van der Waals surface area contributed by atoms with Gasteiger partial charge in [0.2, 0.25) is 0 Å². The summed E-state index contributed by atoms with van der Waals surface area (Å²) in [5.74, 6) is 0. The molecule has 6 nitrogen and oxygen atoms in total. The van der Waals surface area contributed by atoms with Gasteiger partial charge in [0, 0.05) is 31.0 Å². The summed E-state index contributed by atoms with van der Waals surface area (Å²) in [4.78, 5) is 5.23. The molecule has 0 spiro atoms. The molecule has 35 heavy (non-hydrogen) atoms. The highest BCUT2D eigenvalue weighted by Crippen LogP contribution is 2.26. The molecule has 4 rings (SSSR count). The quantitative estimate of drug-likeness (QED) is 0.194. The van der Waals surface area contributed by atoms with E-state index < -0.39 is 0 Å². The molecule has 6 heteroatoms. The van der Waals surface area contributed by atoms with Gasteiger partial charge in [0.1, 0.15) is 12.5 Å². The summed E-state index contributed by atoms with van der Waals surface area (Å²) in [5.41, 5.74) is 6.87. The third-order valence-electron chi connectivity index (χ3n) is 6.14. The fourth-order valence-corrected chi connectivity index (χ4v) is 4.42. The van der Waals surface area contributed by atoms with Gasteiger partial charge in [-0.25, -0.2) is 0 Å². The van der Waals surface area contributed by atoms with Gasteiger partial charge < -0.3 is 24.9 Å². The Labute approximate surface area is 208 Å². The molecular formula is C29H39N3O3. The second-order valence-corrected chi connectivity index (χ2v) is 8.16. The molecule has 188 valence electrons. The fraction of sp³-hybridized carbons (Fsp3) is 0.345. The van der Waals surface area contributed by atoms with Crippen molar-refractivity contribution in [1.82, 2.24) is 9.88 Å². The van der Waals surface area contributed by atoms with Crippen LogP contribution in [0.5, 0.6) is 0 Å². The normalized spacial score (nSPS) is 11.2. The lowest BCUT2D eigenvalue weighted by molar-refractivity contribution is 0.201.